The molecule has 0 unspecified atom stereocenters. The van der Waals surface area contributed by atoms with E-state index in [1.165, 1.54) is 0 Å². The van der Waals surface area contributed by atoms with Gasteiger partial charge in [0.2, 0.25) is 5.91 Å². The number of rotatable bonds is 5. The molecule has 4 rings (SSSR count). The van der Waals surface area contributed by atoms with Gasteiger partial charge in [0.15, 0.2) is 0 Å². The van der Waals surface area contributed by atoms with E-state index in [4.69, 9.17) is 4.74 Å². The van der Waals surface area contributed by atoms with Crippen LogP contribution in [0, 0.1) is 0 Å². The average molecular weight is 466 g/mol. The van der Waals surface area contributed by atoms with Gasteiger partial charge in [0.05, 0.1) is 0 Å². The van der Waals surface area contributed by atoms with Gasteiger partial charge in [-0.15, -0.1) is 0 Å². The number of aliphatic hydroxyl groups is 1. The van der Waals surface area contributed by atoms with Gasteiger partial charge in [0.25, 0.3) is 0 Å². The van der Waals surface area contributed by atoms with Crippen LogP contribution in [-0.2, 0) is 9.53 Å². The molecular formula is C24H20BrNO4. The summed E-state index contributed by atoms with van der Waals surface area (Å²) < 4.78 is 5.12. The first kappa shape index (κ1) is 20.3. The molecule has 1 heterocycles. The van der Waals surface area contributed by atoms with Crippen LogP contribution in [0.1, 0.15) is 23.3 Å². The lowest BCUT2D eigenvalue weighted by molar-refractivity contribution is -0.130. The predicted molar refractivity (Wildman–Crippen MR) is 117 cm³/mol. The molecule has 1 aliphatic heterocycles. The number of hydrogen-bond donors (Lipinski definition) is 1. The van der Waals surface area contributed by atoms with Crippen LogP contribution in [0.5, 0.6) is 0 Å². The molecular weight excluding hydrogens is 446 g/mol. The van der Waals surface area contributed by atoms with Gasteiger partial charge in [-0.05, 0) is 22.3 Å². The number of alkyl halides is 1. The van der Waals surface area contributed by atoms with E-state index in [1.807, 2.05) is 72.8 Å². The first-order chi connectivity index (χ1) is 14.6. The molecule has 1 fully saturated rings. The Balaban J connectivity index is 1.52. The number of amides is 2. The minimum Gasteiger partial charge on any atom is -0.446 e. The van der Waals surface area contributed by atoms with Crippen molar-refractivity contribution in [1.29, 1.82) is 0 Å². The number of cyclic esters (lactones) is 1. The van der Waals surface area contributed by atoms with Crippen molar-refractivity contribution >= 4 is 27.9 Å². The van der Waals surface area contributed by atoms with Crippen LogP contribution in [0.25, 0.3) is 11.1 Å². The number of carbonyl (C=O) groups excluding carboxylic acids is 2. The van der Waals surface area contributed by atoms with Gasteiger partial charge in [-0.2, -0.15) is 0 Å². The monoisotopic (exact) mass is 465 g/mol. The molecule has 0 aliphatic carbocycles. The molecule has 152 valence electrons. The molecule has 5 nitrogen and oxygen atoms in total. The number of hydrogen-bond acceptors (Lipinski definition) is 4. The van der Waals surface area contributed by atoms with Crippen molar-refractivity contribution in [2.45, 2.75) is 17.0 Å². The highest BCUT2D eigenvalue weighted by atomic mass is 79.9. The molecule has 1 N–H and O–H groups in total. The second-order valence-corrected chi connectivity index (χ2v) is 8.03. The highest BCUT2D eigenvalue weighted by molar-refractivity contribution is 9.10. The Labute approximate surface area is 183 Å². The lowest BCUT2D eigenvalue weighted by Crippen LogP contribution is -2.41. The van der Waals surface area contributed by atoms with E-state index < -0.39 is 29.0 Å². The highest BCUT2D eigenvalue weighted by Gasteiger charge is 2.42. The lowest BCUT2D eigenvalue weighted by atomic mass is 10.00. The Hall–Kier alpha value is -2.96. The van der Waals surface area contributed by atoms with Gasteiger partial charge in [0.1, 0.15) is 23.6 Å². The molecule has 30 heavy (non-hydrogen) atoms. The summed E-state index contributed by atoms with van der Waals surface area (Å²) in [5, 5.41) is 10.8. The number of ether oxygens (including phenoxy) is 1. The number of carbonyl (C=O) groups is 2. The van der Waals surface area contributed by atoms with Crippen molar-refractivity contribution in [2.75, 3.05) is 6.61 Å². The minimum atomic E-state index is -1.12. The number of imide groups is 1. The smallest absolute Gasteiger partial charge is 0.417 e. The largest absolute Gasteiger partial charge is 0.446 e. The van der Waals surface area contributed by atoms with E-state index in [2.05, 4.69) is 15.9 Å². The molecule has 3 aromatic carbocycles. The lowest BCUT2D eigenvalue weighted by Gasteiger charge is -2.25. The van der Waals surface area contributed by atoms with Gasteiger partial charge in [-0.25, -0.2) is 9.69 Å². The van der Waals surface area contributed by atoms with Gasteiger partial charge in [-0.3, -0.25) is 4.79 Å². The molecule has 0 spiro atoms. The molecule has 0 aromatic heterocycles. The number of benzene rings is 3. The molecule has 1 saturated heterocycles. The summed E-state index contributed by atoms with van der Waals surface area (Å²) in [5.74, 6) is -0.536. The Morgan fingerprint density at radius 3 is 2.13 bits per heavy atom. The Kier molecular flexibility index (Phi) is 5.97. The van der Waals surface area contributed by atoms with E-state index in [1.54, 1.807) is 12.1 Å². The minimum absolute atomic E-state index is 0.0934. The van der Waals surface area contributed by atoms with Gasteiger partial charge in [0, 0.05) is 0 Å². The van der Waals surface area contributed by atoms with E-state index in [-0.39, 0.29) is 6.61 Å². The normalized spacial score (nSPS) is 18.0. The average Bonchev–Trinajstić information content (AvgIpc) is 3.20. The molecule has 0 bridgehead atoms. The van der Waals surface area contributed by atoms with Crippen LogP contribution < -0.4 is 0 Å². The number of aliphatic hydroxyl groups excluding tert-OH is 1. The number of halogens is 1. The summed E-state index contributed by atoms with van der Waals surface area (Å²) in [5.41, 5.74) is 3.46. The predicted octanol–water partition coefficient (Wildman–Crippen LogP) is 4.87. The van der Waals surface area contributed by atoms with Crippen molar-refractivity contribution in [3.05, 3.63) is 96.1 Å². The molecule has 6 heteroatoms. The zero-order valence-corrected chi connectivity index (χ0v) is 17.6. The summed E-state index contributed by atoms with van der Waals surface area (Å²) in [4.78, 5) is 25.4. The number of nitrogens with zero attached hydrogens (tertiary/aromatic N) is 1. The van der Waals surface area contributed by atoms with Gasteiger partial charge in [-0.1, -0.05) is 101 Å². The Morgan fingerprint density at radius 1 is 0.933 bits per heavy atom. The van der Waals surface area contributed by atoms with Crippen LogP contribution >= 0.6 is 15.9 Å². The Bertz CT molecular complexity index is 1020. The molecule has 0 saturated carbocycles. The SMILES string of the molecule is O=C1OC[C@H](c2ccccc2)N1C(=O)[C@H](Br)[C@@H](O)c1ccc(-c2ccccc2)cc1. The van der Waals surface area contributed by atoms with Crippen molar-refractivity contribution in [3.8, 4) is 11.1 Å². The maximum absolute atomic E-state index is 13.1. The standard InChI is InChI=1S/C24H20BrNO4/c25-21(22(27)19-13-11-17(12-14-19)16-7-3-1-4-8-16)23(28)26-20(15-30-24(26)29)18-9-5-2-6-10-18/h1-14,20-22,27H,15H2/t20-,21-,22+/m1/s1. The first-order valence-electron chi connectivity index (χ1n) is 9.58. The van der Waals surface area contributed by atoms with Gasteiger partial charge < -0.3 is 9.84 Å². The summed E-state index contributed by atoms with van der Waals surface area (Å²) in [6.07, 6.45) is -1.82. The fraction of sp³-hybridized carbons (Fsp3) is 0.167. The second-order valence-electron chi connectivity index (χ2n) is 7.05. The van der Waals surface area contributed by atoms with E-state index in [0.29, 0.717) is 5.56 Å². The molecule has 3 aromatic rings. The Morgan fingerprint density at radius 2 is 1.50 bits per heavy atom. The van der Waals surface area contributed by atoms with Crippen molar-refractivity contribution in [3.63, 3.8) is 0 Å². The molecule has 3 atom stereocenters. The summed E-state index contributed by atoms with van der Waals surface area (Å²) in [6.45, 7) is 0.0934. The van der Waals surface area contributed by atoms with Crippen LogP contribution in [0.15, 0.2) is 84.9 Å². The zero-order valence-electron chi connectivity index (χ0n) is 16.0. The summed E-state index contributed by atoms with van der Waals surface area (Å²) in [6, 6.07) is 26.0. The zero-order chi connectivity index (χ0) is 21.1. The maximum atomic E-state index is 13.1. The molecule has 0 radical (unpaired) electrons. The van der Waals surface area contributed by atoms with Crippen molar-refractivity contribution in [2.24, 2.45) is 0 Å². The van der Waals surface area contributed by atoms with Crippen LogP contribution in [-0.4, -0.2) is 33.4 Å². The van der Waals surface area contributed by atoms with E-state index in [9.17, 15) is 14.7 Å². The van der Waals surface area contributed by atoms with Crippen LogP contribution in [0.3, 0.4) is 0 Å². The fourth-order valence-electron chi connectivity index (χ4n) is 3.53. The topological polar surface area (TPSA) is 66.8 Å². The molecule has 2 amide bonds. The quantitative estimate of drug-likeness (QED) is 0.545. The maximum Gasteiger partial charge on any atom is 0.417 e. The second kappa shape index (κ2) is 8.81. The third-order valence-corrected chi connectivity index (χ3v) is 6.06. The third-order valence-electron chi connectivity index (χ3n) is 5.17. The first-order valence-corrected chi connectivity index (χ1v) is 10.5. The van der Waals surface area contributed by atoms with Crippen LogP contribution in [0.2, 0.25) is 0 Å². The van der Waals surface area contributed by atoms with E-state index in [0.717, 1.165) is 21.6 Å². The molecule has 1 aliphatic rings. The summed E-state index contributed by atoms with van der Waals surface area (Å²) in [7, 11) is 0. The fourth-order valence-corrected chi connectivity index (χ4v) is 4.05. The highest BCUT2D eigenvalue weighted by Crippen LogP contribution is 2.33. The third kappa shape index (κ3) is 4.01. The van der Waals surface area contributed by atoms with Crippen molar-refractivity contribution in [1.82, 2.24) is 4.90 Å². The van der Waals surface area contributed by atoms with E-state index >= 15 is 0 Å². The van der Waals surface area contributed by atoms with Crippen LogP contribution in [0.4, 0.5) is 4.79 Å². The summed E-state index contributed by atoms with van der Waals surface area (Å²) >= 11 is 3.30. The van der Waals surface area contributed by atoms with Gasteiger partial charge >= 0.3 is 6.09 Å². The van der Waals surface area contributed by atoms with Crippen molar-refractivity contribution < 1.29 is 19.4 Å².